The lowest BCUT2D eigenvalue weighted by molar-refractivity contribution is -0.115. The molecule has 0 bridgehead atoms. The molecule has 1 aliphatic heterocycles. The molecule has 0 radical (unpaired) electrons. The summed E-state index contributed by atoms with van der Waals surface area (Å²) in [7, 11) is 0. The van der Waals surface area contributed by atoms with Crippen molar-refractivity contribution in [3.8, 4) is 11.5 Å². The van der Waals surface area contributed by atoms with Crippen LogP contribution in [-0.4, -0.2) is 31.1 Å². The number of nitrogens with one attached hydrogen (secondary N) is 2. The molecule has 6 nitrogen and oxygen atoms in total. The number of ether oxygens (including phenoxy) is 2. The Kier molecular flexibility index (Phi) is 5.86. The van der Waals surface area contributed by atoms with E-state index in [0.29, 0.717) is 28.6 Å². The van der Waals surface area contributed by atoms with Gasteiger partial charge < -0.3 is 20.1 Å². The average Bonchev–Trinajstić information content (AvgIpc) is 2.99. The van der Waals surface area contributed by atoms with Crippen LogP contribution in [0.1, 0.15) is 29.8 Å². The van der Waals surface area contributed by atoms with Crippen LogP contribution in [0.5, 0.6) is 11.5 Å². The largest absolute Gasteiger partial charge is 0.492 e. The number of hydrogen-bond acceptors (Lipinski definition) is 4. The Morgan fingerprint density at radius 2 is 2.11 bits per heavy atom. The molecule has 3 rings (SSSR count). The molecule has 1 unspecified atom stereocenters. The van der Waals surface area contributed by atoms with Crippen LogP contribution >= 0.6 is 11.6 Å². The highest BCUT2D eigenvalue weighted by Gasteiger charge is 2.22. The third-order valence-electron chi connectivity index (χ3n) is 4.07. The molecular weight excluding hydrogens is 368 g/mol. The van der Waals surface area contributed by atoms with E-state index in [2.05, 4.69) is 10.6 Å². The fraction of sp³-hybridized carbons (Fsp3) is 0.300. The molecule has 1 heterocycles. The summed E-state index contributed by atoms with van der Waals surface area (Å²) in [5, 5.41) is 5.81. The van der Waals surface area contributed by atoms with Crippen molar-refractivity contribution in [2.24, 2.45) is 0 Å². The molecule has 2 aromatic rings. The standard InChI is InChI=1S/C20H21ClN2O4/c1-3-26-18-9-14-7-12(2)27-17(14)10-16(18)23-19(24)11-22-20(25)13-5-4-6-15(21)8-13/h4-6,8-10,12H,3,7,11H2,1-2H3,(H,22,25)(H,23,24). The maximum absolute atomic E-state index is 12.3. The number of carbonyl (C=O) groups excluding carboxylic acids is 2. The average molecular weight is 389 g/mol. The van der Waals surface area contributed by atoms with Crippen molar-refractivity contribution in [2.45, 2.75) is 26.4 Å². The van der Waals surface area contributed by atoms with Gasteiger partial charge in [0.15, 0.2) is 0 Å². The molecule has 7 heteroatoms. The minimum Gasteiger partial charge on any atom is -0.492 e. The quantitative estimate of drug-likeness (QED) is 0.794. The summed E-state index contributed by atoms with van der Waals surface area (Å²) in [4.78, 5) is 24.4. The molecule has 0 fully saturated rings. The normalized spacial score (nSPS) is 14.9. The molecule has 0 saturated carbocycles. The Hall–Kier alpha value is -2.73. The minimum atomic E-state index is -0.371. The van der Waals surface area contributed by atoms with Gasteiger partial charge in [0, 0.05) is 28.6 Å². The van der Waals surface area contributed by atoms with Crippen LogP contribution in [0.25, 0.3) is 0 Å². The number of rotatable bonds is 6. The summed E-state index contributed by atoms with van der Waals surface area (Å²) < 4.78 is 11.4. The third kappa shape index (κ3) is 4.71. The zero-order valence-corrected chi connectivity index (χ0v) is 15.9. The van der Waals surface area contributed by atoms with Gasteiger partial charge in [0.1, 0.15) is 17.6 Å². The molecule has 2 amide bonds. The predicted octanol–water partition coefficient (Wildman–Crippen LogP) is 3.43. The van der Waals surface area contributed by atoms with Crippen LogP contribution in [0.15, 0.2) is 36.4 Å². The Balaban J connectivity index is 1.65. The first-order chi connectivity index (χ1) is 13.0. The Bertz CT molecular complexity index is 869. The van der Waals surface area contributed by atoms with E-state index in [4.69, 9.17) is 21.1 Å². The van der Waals surface area contributed by atoms with Crippen LogP contribution < -0.4 is 20.1 Å². The fourth-order valence-corrected chi connectivity index (χ4v) is 3.09. The monoisotopic (exact) mass is 388 g/mol. The Morgan fingerprint density at radius 3 is 2.85 bits per heavy atom. The van der Waals surface area contributed by atoms with Crippen molar-refractivity contribution in [3.63, 3.8) is 0 Å². The Morgan fingerprint density at radius 1 is 1.30 bits per heavy atom. The van der Waals surface area contributed by atoms with Crippen molar-refractivity contribution in [3.05, 3.63) is 52.5 Å². The van der Waals surface area contributed by atoms with Crippen molar-refractivity contribution < 1.29 is 19.1 Å². The van der Waals surface area contributed by atoms with Gasteiger partial charge in [-0.05, 0) is 38.1 Å². The minimum absolute atomic E-state index is 0.0948. The second kappa shape index (κ2) is 8.31. The van der Waals surface area contributed by atoms with Crippen molar-refractivity contribution in [1.29, 1.82) is 0 Å². The van der Waals surface area contributed by atoms with Gasteiger partial charge in [0.2, 0.25) is 5.91 Å². The van der Waals surface area contributed by atoms with E-state index in [1.807, 2.05) is 19.9 Å². The van der Waals surface area contributed by atoms with E-state index in [0.717, 1.165) is 17.7 Å². The predicted molar refractivity (Wildman–Crippen MR) is 104 cm³/mol. The first kappa shape index (κ1) is 19.0. The zero-order chi connectivity index (χ0) is 19.4. The van der Waals surface area contributed by atoms with Crippen LogP contribution in [0.3, 0.4) is 0 Å². The lowest BCUT2D eigenvalue weighted by Gasteiger charge is -2.14. The number of halogens is 1. The molecule has 0 spiro atoms. The van der Waals surface area contributed by atoms with E-state index in [1.165, 1.54) is 0 Å². The Labute approximate surface area is 162 Å². The maximum Gasteiger partial charge on any atom is 0.251 e. The molecule has 0 aliphatic carbocycles. The summed E-state index contributed by atoms with van der Waals surface area (Å²) in [6, 6.07) is 10.2. The van der Waals surface area contributed by atoms with Gasteiger partial charge in [-0.1, -0.05) is 17.7 Å². The smallest absolute Gasteiger partial charge is 0.251 e. The first-order valence-corrected chi connectivity index (χ1v) is 9.14. The second-order valence-corrected chi connectivity index (χ2v) is 6.70. The van der Waals surface area contributed by atoms with Crippen molar-refractivity contribution in [1.82, 2.24) is 5.32 Å². The fourth-order valence-electron chi connectivity index (χ4n) is 2.90. The molecular formula is C20H21ClN2O4. The second-order valence-electron chi connectivity index (χ2n) is 6.26. The van der Waals surface area contributed by atoms with Gasteiger partial charge in [-0.3, -0.25) is 9.59 Å². The highest BCUT2D eigenvalue weighted by molar-refractivity contribution is 6.31. The summed E-state index contributed by atoms with van der Waals surface area (Å²) in [5.41, 5.74) is 1.97. The SMILES string of the molecule is CCOc1cc2c(cc1NC(=O)CNC(=O)c1cccc(Cl)c1)OC(C)C2. The van der Waals surface area contributed by atoms with Gasteiger partial charge in [-0.2, -0.15) is 0 Å². The van der Waals surface area contributed by atoms with Gasteiger partial charge in [-0.25, -0.2) is 0 Å². The summed E-state index contributed by atoms with van der Waals surface area (Å²) in [5.74, 6) is 0.591. The lowest BCUT2D eigenvalue weighted by Crippen LogP contribution is -2.32. The van der Waals surface area contributed by atoms with Crippen LogP contribution in [0.2, 0.25) is 5.02 Å². The van der Waals surface area contributed by atoms with Gasteiger partial charge in [0.25, 0.3) is 5.91 Å². The van der Waals surface area contributed by atoms with E-state index < -0.39 is 0 Å². The van der Waals surface area contributed by atoms with Crippen molar-refractivity contribution in [2.75, 3.05) is 18.5 Å². The van der Waals surface area contributed by atoms with Gasteiger partial charge >= 0.3 is 0 Å². The molecule has 0 aromatic heterocycles. The summed E-state index contributed by atoms with van der Waals surface area (Å²) in [6.45, 7) is 4.17. The number of anilines is 1. The number of fused-ring (bicyclic) bond motifs is 1. The van der Waals surface area contributed by atoms with Crippen LogP contribution in [-0.2, 0) is 11.2 Å². The lowest BCUT2D eigenvalue weighted by atomic mass is 10.1. The third-order valence-corrected chi connectivity index (χ3v) is 4.30. The zero-order valence-electron chi connectivity index (χ0n) is 15.2. The highest BCUT2D eigenvalue weighted by Crippen LogP contribution is 2.37. The summed E-state index contributed by atoms with van der Waals surface area (Å²) in [6.07, 6.45) is 0.900. The highest BCUT2D eigenvalue weighted by atomic mass is 35.5. The molecule has 0 saturated heterocycles. The van der Waals surface area contributed by atoms with E-state index in [1.54, 1.807) is 30.3 Å². The molecule has 142 valence electrons. The van der Waals surface area contributed by atoms with Crippen LogP contribution in [0, 0.1) is 0 Å². The number of benzene rings is 2. The molecule has 1 atom stereocenters. The molecule has 2 N–H and O–H groups in total. The van der Waals surface area contributed by atoms with E-state index >= 15 is 0 Å². The molecule has 2 aromatic carbocycles. The number of hydrogen-bond donors (Lipinski definition) is 2. The molecule has 27 heavy (non-hydrogen) atoms. The first-order valence-electron chi connectivity index (χ1n) is 8.76. The van der Waals surface area contributed by atoms with Crippen LogP contribution in [0.4, 0.5) is 5.69 Å². The van der Waals surface area contributed by atoms with Gasteiger partial charge in [-0.15, -0.1) is 0 Å². The number of amides is 2. The van der Waals surface area contributed by atoms with E-state index in [-0.39, 0.29) is 24.5 Å². The summed E-state index contributed by atoms with van der Waals surface area (Å²) >= 11 is 5.88. The maximum atomic E-state index is 12.3. The van der Waals surface area contributed by atoms with Crippen molar-refractivity contribution >= 4 is 29.1 Å². The molecule has 1 aliphatic rings. The van der Waals surface area contributed by atoms with E-state index in [9.17, 15) is 9.59 Å². The van der Waals surface area contributed by atoms with Gasteiger partial charge in [0.05, 0.1) is 18.8 Å². The number of carbonyl (C=O) groups is 2. The topological polar surface area (TPSA) is 76.7 Å².